The maximum Gasteiger partial charge on any atom is 0.242 e. The summed E-state index contributed by atoms with van der Waals surface area (Å²) in [5.41, 5.74) is 3.40. The van der Waals surface area contributed by atoms with Crippen LogP contribution in [0.25, 0.3) is 11.3 Å². The molecule has 1 heterocycles. The standard InChI is InChI=1S/C18H18N4O2/c23-13-16-9-5-4-8-15(16)10-19-18(24)12-22-11-17(20-21-22)14-6-2-1-3-7-14/h1-9,11,23H,10,12-13H2,(H,19,24). The first kappa shape index (κ1) is 15.9. The molecule has 24 heavy (non-hydrogen) atoms. The Labute approximate surface area is 139 Å². The maximum absolute atomic E-state index is 12.1. The van der Waals surface area contributed by atoms with Gasteiger partial charge in [0.15, 0.2) is 0 Å². The molecule has 0 atom stereocenters. The Hall–Kier alpha value is -2.99. The molecule has 0 radical (unpaired) electrons. The zero-order valence-electron chi connectivity index (χ0n) is 13.1. The molecule has 0 aliphatic heterocycles. The maximum atomic E-state index is 12.1. The van der Waals surface area contributed by atoms with Crippen LogP contribution in [0.2, 0.25) is 0 Å². The lowest BCUT2D eigenvalue weighted by Gasteiger charge is -2.08. The number of rotatable bonds is 6. The summed E-state index contributed by atoms with van der Waals surface area (Å²) in [6, 6.07) is 17.1. The molecule has 6 nitrogen and oxygen atoms in total. The second-order valence-corrected chi connectivity index (χ2v) is 5.37. The van der Waals surface area contributed by atoms with E-state index >= 15 is 0 Å². The monoisotopic (exact) mass is 322 g/mol. The van der Waals surface area contributed by atoms with Gasteiger partial charge in [-0.25, -0.2) is 4.68 Å². The predicted molar refractivity (Wildman–Crippen MR) is 89.7 cm³/mol. The van der Waals surface area contributed by atoms with Gasteiger partial charge in [0.2, 0.25) is 5.91 Å². The lowest BCUT2D eigenvalue weighted by atomic mass is 10.1. The summed E-state index contributed by atoms with van der Waals surface area (Å²) >= 11 is 0. The van der Waals surface area contributed by atoms with Gasteiger partial charge in [-0.2, -0.15) is 0 Å². The van der Waals surface area contributed by atoms with Crippen molar-refractivity contribution in [3.63, 3.8) is 0 Å². The van der Waals surface area contributed by atoms with Crippen LogP contribution in [0.3, 0.4) is 0 Å². The van der Waals surface area contributed by atoms with Crippen LogP contribution in [0.4, 0.5) is 0 Å². The molecule has 0 aliphatic rings. The van der Waals surface area contributed by atoms with Crippen LogP contribution < -0.4 is 5.32 Å². The van der Waals surface area contributed by atoms with E-state index < -0.39 is 0 Å². The van der Waals surface area contributed by atoms with Crippen molar-refractivity contribution in [1.82, 2.24) is 20.3 Å². The first-order chi connectivity index (χ1) is 11.8. The molecule has 1 aromatic heterocycles. The Morgan fingerprint density at radius 1 is 1.04 bits per heavy atom. The molecule has 6 heteroatoms. The molecule has 0 unspecified atom stereocenters. The highest BCUT2D eigenvalue weighted by molar-refractivity contribution is 5.75. The number of aliphatic hydroxyl groups excluding tert-OH is 1. The van der Waals surface area contributed by atoms with Crippen LogP contribution in [-0.4, -0.2) is 26.0 Å². The minimum absolute atomic E-state index is 0.0461. The fourth-order valence-corrected chi connectivity index (χ4v) is 2.40. The number of hydrogen-bond donors (Lipinski definition) is 2. The van der Waals surface area contributed by atoms with Crippen molar-refractivity contribution in [1.29, 1.82) is 0 Å². The van der Waals surface area contributed by atoms with E-state index in [0.717, 1.165) is 22.4 Å². The van der Waals surface area contributed by atoms with Gasteiger partial charge >= 0.3 is 0 Å². The fourth-order valence-electron chi connectivity index (χ4n) is 2.40. The number of amides is 1. The minimum Gasteiger partial charge on any atom is -0.392 e. The van der Waals surface area contributed by atoms with Crippen LogP contribution in [0.1, 0.15) is 11.1 Å². The van der Waals surface area contributed by atoms with Gasteiger partial charge in [0.1, 0.15) is 12.2 Å². The number of carbonyl (C=O) groups is 1. The normalized spacial score (nSPS) is 10.5. The van der Waals surface area contributed by atoms with Gasteiger partial charge in [-0.1, -0.05) is 59.8 Å². The molecule has 2 aromatic carbocycles. The molecule has 122 valence electrons. The fraction of sp³-hybridized carbons (Fsp3) is 0.167. The number of nitrogens with zero attached hydrogens (tertiary/aromatic N) is 3. The number of aliphatic hydroxyl groups is 1. The van der Waals surface area contributed by atoms with Gasteiger partial charge in [0, 0.05) is 12.1 Å². The zero-order chi connectivity index (χ0) is 16.8. The lowest BCUT2D eigenvalue weighted by Crippen LogP contribution is -2.27. The Bertz CT molecular complexity index is 815. The van der Waals surface area contributed by atoms with Crippen molar-refractivity contribution in [2.75, 3.05) is 0 Å². The second-order valence-electron chi connectivity index (χ2n) is 5.37. The quantitative estimate of drug-likeness (QED) is 0.724. The van der Waals surface area contributed by atoms with E-state index in [-0.39, 0.29) is 19.1 Å². The molecule has 0 fully saturated rings. The highest BCUT2D eigenvalue weighted by Crippen LogP contribution is 2.14. The first-order valence-corrected chi connectivity index (χ1v) is 7.66. The Morgan fingerprint density at radius 3 is 2.50 bits per heavy atom. The topological polar surface area (TPSA) is 80.0 Å². The third-order valence-electron chi connectivity index (χ3n) is 3.68. The van der Waals surface area contributed by atoms with E-state index in [1.165, 1.54) is 4.68 Å². The highest BCUT2D eigenvalue weighted by atomic mass is 16.3. The SMILES string of the molecule is O=C(Cn1cc(-c2ccccc2)nn1)NCc1ccccc1CO. The molecule has 0 bridgehead atoms. The molecule has 0 saturated carbocycles. The molecule has 3 aromatic rings. The average Bonchev–Trinajstić information content (AvgIpc) is 3.09. The van der Waals surface area contributed by atoms with Gasteiger partial charge in [0.25, 0.3) is 0 Å². The molecule has 0 spiro atoms. The summed E-state index contributed by atoms with van der Waals surface area (Å²) in [5, 5.41) is 20.2. The summed E-state index contributed by atoms with van der Waals surface area (Å²) in [4.78, 5) is 12.1. The largest absolute Gasteiger partial charge is 0.392 e. The Morgan fingerprint density at radius 2 is 1.75 bits per heavy atom. The first-order valence-electron chi connectivity index (χ1n) is 7.66. The van der Waals surface area contributed by atoms with Gasteiger partial charge in [-0.05, 0) is 11.1 Å². The van der Waals surface area contributed by atoms with E-state index in [9.17, 15) is 9.90 Å². The zero-order valence-corrected chi connectivity index (χ0v) is 13.1. The number of aromatic nitrogens is 3. The van der Waals surface area contributed by atoms with E-state index in [1.807, 2.05) is 54.6 Å². The van der Waals surface area contributed by atoms with Crippen LogP contribution >= 0.6 is 0 Å². The van der Waals surface area contributed by atoms with Gasteiger partial charge in [0.05, 0.1) is 12.8 Å². The van der Waals surface area contributed by atoms with Gasteiger partial charge in [-0.15, -0.1) is 5.10 Å². The van der Waals surface area contributed by atoms with E-state index in [0.29, 0.717) is 6.54 Å². The third kappa shape index (κ3) is 3.85. The van der Waals surface area contributed by atoms with Crippen LogP contribution in [0.15, 0.2) is 60.8 Å². The number of benzene rings is 2. The second kappa shape index (κ2) is 7.52. The molecule has 2 N–H and O–H groups in total. The van der Waals surface area contributed by atoms with E-state index in [4.69, 9.17) is 0 Å². The van der Waals surface area contributed by atoms with Crippen molar-refractivity contribution in [3.8, 4) is 11.3 Å². The van der Waals surface area contributed by atoms with Crippen molar-refractivity contribution >= 4 is 5.91 Å². The molecular formula is C18H18N4O2. The van der Waals surface area contributed by atoms with E-state index in [1.54, 1.807) is 6.20 Å². The number of nitrogens with one attached hydrogen (secondary N) is 1. The van der Waals surface area contributed by atoms with Gasteiger partial charge < -0.3 is 10.4 Å². The summed E-state index contributed by atoms with van der Waals surface area (Å²) in [6.45, 7) is 0.423. The van der Waals surface area contributed by atoms with Crippen molar-refractivity contribution in [3.05, 3.63) is 71.9 Å². The lowest BCUT2D eigenvalue weighted by molar-refractivity contribution is -0.122. The summed E-state index contributed by atoms with van der Waals surface area (Å²) < 4.78 is 1.51. The van der Waals surface area contributed by atoms with Crippen LogP contribution in [0.5, 0.6) is 0 Å². The third-order valence-corrected chi connectivity index (χ3v) is 3.68. The molecule has 0 saturated heterocycles. The summed E-state index contributed by atoms with van der Waals surface area (Å²) in [6.07, 6.45) is 1.75. The molecule has 3 rings (SSSR count). The predicted octanol–water partition coefficient (Wildman–Crippen LogP) is 1.75. The molecule has 1 amide bonds. The molecule has 0 aliphatic carbocycles. The van der Waals surface area contributed by atoms with Crippen molar-refractivity contribution in [2.24, 2.45) is 0 Å². The average molecular weight is 322 g/mol. The Balaban J connectivity index is 1.58. The Kier molecular flexibility index (Phi) is 4.98. The summed E-state index contributed by atoms with van der Waals surface area (Å²) in [5.74, 6) is -0.160. The minimum atomic E-state index is -0.160. The number of carbonyl (C=O) groups excluding carboxylic acids is 1. The van der Waals surface area contributed by atoms with Crippen LogP contribution in [0, 0.1) is 0 Å². The molecular weight excluding hydrogens is 304 g/mol. The highest BCUT2D eigenvalue weighted by Gasteiger charge is 2.08. The van der Waals surface area contributed by atoms with Gasteiger partial charge in [-0.3, -0.25) is 4.79 Å². The summed E-state index contributed by atoms with van der Waals surface area (Å²) in [7, 11) is 0. The van der Waals surface area contributed by atoms with Crippen molar-refractivity contribution < 1.29 is 9.90 Å². The number of hydrogen-bond acceptors (Lipinski definition) is 4. The smallest absolute Gasteiger partial charge is 0.242 e. The van der Waals surface area contributed by atoms with Crippen molar-refractivity contribution in [2.45, 2.75) is 19.7 Å². The van der Waals surface area contributed by atoms with Crippen LogP contribution in [-0.2, 0) is 24.5 Å². The van der Waals surface area contributed by atoms with E-state index in [2.05, 4.69) is 15.6 Å².